The summed E-state index contributed by atoms with van der Waals surface area (Å²) in [4.78, 5) is 33.3. The van der Waals surface area contributed by atoms with E-state index in [2.05, 4.69) is 20.4 Å². The number of amides is 1. The first-order chi connectivity index (χ1) is 13.2. The molecule has 1 atom stereocenters. The summed E-state index contributed by atoms with van der Waals surface area (Å²) in [6.45, 7) is 9.29. The van der Waals surface area contributed by atoms with Crippen LogP contribution in [-0.4, -0.2) is 44.0 Å². The van der Waals surface area contributed by atoms with E-state index in [1.807, 2.05) is 34.0 Å². The van der Waals surface area contributed by atoms with Crippen molar-refractivity contribution in [2.45, 2.75) is 64.8 Å². The molecule has 152 valence electrons. The van der Waals surface area contributed by atoms with Gasteiger partial charge in [0.15, 0.2) is 11.3 Å². The average molecular weight is 406 g/mol. The molecule has 0 saturated heterocycles. The van der Waals surface area contributed by atoms with Gasteiger partial charge in [-0.2, -0.15) is 5.10 Å². The molecule has 8 nitrogen and oxygen atoms in total. The number of aromatic nitrogens is 4. The summed E-state index contributed by atoms with van der Waals surface area (Å²) in [6, 6.07) is 1.81. The first-order valence-electron chi connectivity index (χ1n) is 9.14. The van der Waals surface area contributed by atoms with Crippen molar-refractivity contribution in [3.05, 3.63) is 29.2 Å². The molecule has 9 heteroatoms. The maximum atomic E-state index is 12.3. The largest absolute Gasteiger partial charge is 0.453 e. The van der Waals surface area contributed by atoms with Gasteiger partial charge in [0.05, 0.1) is 6.20 Å². The summed E-state index contributed by atoms with van der Waals surface area (Å²) in [6.07, 6.45) is 3.26. The first-order valence-corrected chi connectivity index (χ1v) is 10.4. The normalized spacial score (nSPS) is 12.1. The Labute approximate surface area is 169 Å². The van der Waals surface area contributed by atoms with Crippen molar-refractivity contribution in [3.63, 3.8) is 0 Å². The minimum atomic E-state index is -0.902. The third kappa shape index (κ3) is 5.54. The zero-order valence-electron chi connectivity index (χ0n) is 17.1. The molecule has 2 heterocycles. The van der Waals surface area contributed by atoms with Gasteiger partial charge >= 0.3 is 5.97 Å². The number of ether oxygens (including phenoxy) is 1. The zero-order valence-corrected chi connectivity index (χ0v) is 18.0. The Morgan fingerprint density at radius 2 is 1.86 bits per heavy atom. The molecule has 0 aromatic carbocycles. The number of hydrogen-bond donors (Lipinski definition) is 1. The van der Waals surface area contributed by atoms with E-state index in [0.717, 1.165) is 17.0 Å². The second-order valence-electron chi connectivity index (χ2n) is 6.74. The van der Waals surface area contributed by atoms with Crippen molar-refractivity contribution in [3.8, 4) is 0 Å². The maximum absolute atomic E-state index is 12.3. The number of nitrogens with one attached hydrogen (secondary N) is 1. The van der Waals surface area contributed by atoms with Crippen LogP contribution in [0.1, 0.15) is 50.2 Å². The predicted octanol–water partition coefficient (Wildman–Crippen LogP) is 3.10. The topological polar surface area (TPSA) is 99.0 Å². The lowest BCUT2D eigenvalue weighted by Gasteiger charge is -2.16. The van der Waals surface area contributed by atoms with Crippen LogP contribution in [0.3, 0.4) is 0 Å². The van der Waals surface area contributed by atoms with Gasteiger partial charge in [0.2, 0.25) is 0 Å². The Bertz CT molecular complexity index is 827. The van der Waals surface area contributed by atoms with E-state index >= 15 is 0 Å². The first kappa shape index (κ1) is 21.9. The molecule has 0 fully saturated rings. The van der Waals surface area contributed by atoms with Crippen molar-refractivity contribution in [1.29, 1.82) is 0 Å². The van der Waals surface area contributed by atoms with E-state index in [-0.39, 0.29) is 12.5 Å². The van der Waals surface area contributed by atoms with E-state index in [4.69, 9.17) is 4.74 Å². The molecule has 0 bridgehead atoms. The molecule has 0 aliphatic heterocycles. The fraction of sp³-hybridized carbons (Fsp3) is 0.526. The third-order valence-electron chi connectivity index (χ3n) is 4.25. The number of rotatable bonds is 8. The third-order valence-corrected chi connectivity index (χ3v) is 4.80. The molecule has 2 aromatic heterocycles. The summed E-state index contributed by atoms with van der Waals surface area (Å²) in [5.41, 5.74) is 2.66. The summed E-state index contributed by atoms with van der Waals surface area (Å²) in [5.74, 6) is -0.260. The second-order valence-corrected chi connectivity index (χ2v) is 7.51. The van der Waals surface area contributed by atoms with Crippen LogP contribution >= 0.6 is 11.8 Å². The van der Waals surface area contributed by atoms with Crippen LogP contribution in [0.4, 0.5) is 5.82 Å². The molecular weight excluding hydrogens is 378 g/mol. The molecule has 0 spiro atoms. The maximum Gasteiger partial charge on any atom is 0.306 e. The Balaban J connectivity index is 1.90. The number of carbonyl (C=O) groups is 2. The Hall–Kier alpha value is -2.42. The molecule has 0 radical (unpaired) electrons. The highest BCUT2D eigenvalue weighted by atomic mass is 32.2. The monoisotopic (exact) mass is 405 g/mol. The van der Waals surface area contributed by atoms with E-state index in [1.165, 1.54) is 11.8 Å². The average Bonchev–Trinajstić information content (AvgIpc) is 3.09. The van der Waals surface area contributed by atoms with Crippen molar-refractivity contribution in [2.75, 3.05) is 11.6 Å². The van der Waals surface area contributed by atoms with Crippen molar-refractivity contribution < 1.29 is 14.3 Å². The smallest absolute Gasteiger partial charge is 0.306 e. The van der Waals surface area contributed by atoms with Crippen LogP contribution in [0.5, 0.6) is 0 Å². The van der Waals surface area contributed by atoms with Crippen LogP contribution in [0, 0.1) is 13.8 Å². The molecule has 28 heavy (non-hydrogen) atoms. The molecule has 2 rings (SSSR count). The van der Waals surface area contributed by atoms with Gasteiger partial charge in [-0.15, -0.1) is 0 Å². The van der Waals surface area contributed by atoms with Crippen molar-refractivity contribution >= 4 is 29.5 Å². The predicted molar refractivity (Wildman–Crippen MR) is 108 cm³/mol. The van der Waals surface area contributed by atoms with Crippen LogP contribution in [-0.2, 0) is 20.7 Å². The molecular formula is C19H27N5O3S. The molecule has 1 unspecified atom stereocenters. The van der Waals surface area contributed by atoms with Crippen LogP contribution in [0.25, 0.3) is 0 Å². The lowest BCUT2D eigenvalue weighted by molar-refractivity contribution is -0.153. The number of thioether (sulfide) groups is 1. The van der Waals surface area contributed by atoms with Crippen LogP contribution in [0.2, 0.25) is 0 Å². The number of hydrogen-bond acceptors (Lipinski definition) is 7. The van der Waals surface area contributed by atoms with E-state index in [1.54, 1.807) is 23.9 Å². The van der Waals surface area contributed by atoms with Gasteiger partial charge in [-0.25, -0.2) is 14.6 Å². The quantitative estimate of drug-likeness (QED) is 0.409. The highest BCUT2D eigenvalue weighted by Gasteiger charge is 2.20. The van der Waals surface area contributed by atoms with Gasteiger partial charge in [-0.05, 0) is 52.9 Å². The SMILES string of the molecule is CSc1nc(C)c(CCC(=O)OC(C)C(=O)Nc2ccnn2C(C)C)c(C)n1. The van der Waals surface area contributed by atoms with Crippen molar-refractivity contribution in [2.24, 2.45) is 0 Å². The number of anilines is 1. The molecule has 0 aliphatic rings. The molecule has 1 N–H and O–H groups in total. The lowest BCUT2D eigenvalue weighted by atomic mass is 10.1. The van der Waals surface area contributed by atoms with Crippen LogP contribution in [0.15, 0.2) is 17.4 Å². The zero-order chi connectivity index (χ0) is 20.8. The highest BCUT2D eigenvalue weighted by molar-refractivity contribution is 7.98. The van der Waals surface area contributed by atoms with Gasteiger partial charge in [0.25, 0.3) is 5.91 Å². The Morgan fingerprint density at radius 3 is 2.43 bits per heavy atom. The number of aryl methyl sites for hydroxylation is 2. The molecule has 0 saturated carbocycles. The number of carbonyl (C=O) groups excluding carboxylic acids is 2. The van der Waals surface area contributed by atoms with E-state index in [9.17, 15) is 9.59 Å². The summed E-state index contributed by atoms with van der Waals surface area (Å²) >= 11 is 1.48. The fourth-order valence-electron chi connectivity index (χ4n) is 2.75. The minimum absolute atomic E-state index is 0.106. The summed E-state index contributed by atoms with van der Waals surface area (Å²) < 4.78 is 6.97. The summed E-state index contributed by atoms with van der Waals surface area (Å²) in [5, 5.41) is 7.62. The molecule has 2 aromatic rings. The molecule has 0 aliphatic carbocycles. The number of nitrogens with zero attached hydrogens (tertiary/aromatic N) is 4. The minimum Gasteiger partial charge on any atom is -0.453 e. The molecule has 1 amide bonds. The second kappa shape index (κ2) is 9.68. The standard InChI is InChI=1S/C19H27N5O3S/c1-11(2)24-16(9-10-20-24)23-18(26)14(5)27-17(25)8-7-15-12(3)21-19(28-6)22-13(15)4/h9-11,14H,7-8H2,1-6H3,(H,23,26). The highest BCUT2D eigenvalue weighted by Crippen LogP contribution is 2.18. The number of esters is 1. The Kier molecular flexibility index (Phi) is 7.56. The van der Waals surface area contributed by atoms with Gasteiger partial charge in [-0.1, -0.05) is 11.8 Å². The lowest BCUT2D eigenvalue weighted by Crippen LogP contribution is -2.31. The van der Waals surface area contributed by atoms with Crippen molar-refractivity contribution in [1.82, 2.24) is 19.7 Å². The van der Waals surface area contributed by atoms with Gasteiger partial charge in [0, 0.05) is 29.9 Å². The van der Waals surface area contributed by atoms with E-state index < -0.39 is 18.0 Å². The fourth-order valence-corrected chi connectivity index (χ4v) is 3.21. The van der Waals surface area contributed by atoms with Gasteiger partial charge in [-0.3, -0.25) is 9.59 Å². The van der Waals surface area contributed by atoms with Gasteiger partial charge < -0.3 is 10.1 Å². The van der Waals surface area contributed by atoms with E-state index in [0.29, 0.717) is 17.4 Å². The van der Waals surface area contributed by atoms with Crippen LogP contribution < -0.4 is 5.32 Å². The summed E-state index contributed by atoms with van der Waals surface area (Å²) in [7, 11) is 0. The Morgan fingerprint density at radius 1 is 1.21 bits per heavy atom. The van der Waals surface area contributed by atoms with Gasteiger partial charge in [0.1, 0.15) is 5.82 Å².